The normalized spacial score (nSPS) is 15.7. The summed E-state index contributed by atoms with van der Waals surface area (Å²) in [5, 5.41) is 14.0. The van der Waals surface area contributed by atoms with E-state index in [0.717, 1.165) is 60.5 Å². The molecule has 1 atom stereocenters. The lowest BCUT2D eigenvalue weighted by Crippen LogP contribution is -2.49. The van der Waals surface area contributed by atoms with Gasteiger partial charge in [-0.1, -0.05) is 19.1 Å². The number of ether oxygens (including phenoxy) is 1. The van der Waals surface area contributed by atoms with Gasteiger partial charge in [-0.05, 0) is 91.4 Å². The molecule has 2 aromatic heterocycles. The van der Waals surface area contributed by atoms with Crippen LogP contribution >= 0.6 is 0 Å². The third kappa shape index (κ3) is 4.67. The van der Waals surface area contributed by atoms with Gasteiger partial charge in [0.15, 0.2) is 5.82 Å². The zero-order chi connectivity index (χ0) is 27.0. The highest BCUT2D eigenvalue weighted by Crippen LogP contribution is 2.34. The summed E-state index contributed by atoms with van der Waals surface area (Å²) in [7, 11) is 1.70. The van der Waals surface area contributed by atoms with Gasteiger partial charge in [-0.2, -0.15) is 0 Å². The Morgan fingerprint density at radius 3 is 2.47 bits per heavy atom. The zero-order valence-electron chi connectivity index (χ0n) is 23.2. The molecule has 200 valence electrons. The molecule has 1 saturated heterocycles. The Balaban J connectivity index is 1.58. The van der Waals surface area contributed by atoms with Gasteiger partial charge in [0.2, 0.25) is 0 Å². The summed E-state index contributed by atoms with van der Waals surface area (Å²) in [4.78, 5) is 21.4. The molecule has 0 unspecified atom stereocenters. The molecule has 0 amide bonds. The van der Waals surface area contributed by atoms with Gasteiger partial charge >= 0.3 is 0 Å². The summed E-state index contributed by atoms with van der Waals surface area (Å²) in [5.41, 5.74) is 4.52. The molecule has 4 aromatic rings. The highest BCUT2D eigenvalue weighted by atomic mass is 16.5. The summed E-state index contributed by atoms with van der Waals surface area (Å²) in [6.07, 6.45) is 0.853. The van der Waals surface area contributed by atoms with Gasteiger partial charge < -0.3 is 14.6 Å². The fourth-order valence-corrected chi connectivity index (χ4v) is 5.25. The predicted octanol–water partition coefficient (Wildman–Crippen LogP) is 4.20. The first-order valence-corrected chi connectivity index (χ1v) is 13.3. The Hall–Kier alpha value is -3.72. The van der Waals surface area contributed by atoms with Crippen LogP contribution in [0.15, 0.2) is 47.3 Å². The second-order valence-corrected chi connectivity index (χ2v) is 10.8. The van der Waals surface area contributed by atoms with Crippen molar-refractivity contribution in [2.24, 2.45) is 0 Å². The molecule has 1 fully saturated rings. The number of H-pyrrole nitrogens is 1. The number of rotatable bonds is 7. The predicted molar refractivity (Wildman–Crippen MR) is 150 cm³/mol. The third-order valence-corrected chi connectivity index (χ3v) is 8.06. The lowest BCUT2D eigenvalue weighted by Gasteiger charge is -2.40. The monoisotopic (exact) mass is 515 g/mol. The van der Waals surface area contributed by atoms with E-state index in [-0.39, 0.29) is 17.1 Å². The van der Waals surface area contributed by atoms with Gasteiger partial charge in [-0.3, -0.25) is 9.69 Å². The molecule has 0 bridgehead atoms. The molecular formula is C29H37N7O2. The molecule has 5 rings (SSSR count). The number of aromatic nitrogens is 5. The third-order valence-electron chi connectivity index (χ3n) is 8.06. The minimum atomic E-state index is -0.384. The molecule has 3 heterocycles. The molecule has 2 aromatic carbocycles. The summed E-state index contributed by atoms with van der Waals surface area (Å²) in [6.45, 7) is 13.6. The number of aryl methyl sites for hydroxylation is 2. The molecule has 0 spiro atoms. The SMILES string of the molecule is CCC(C)(C)n1nnnc1[C@@H](c1cc2cc(C)c(C)cc2[nH]c1=O)N1CCN(c2ccccc2OC)CC1. The Bertz CT molecular complexity index is 1500. The van der Waals surface area contributed by atoms with E-state index in [1.54, 1.807) is 7.11 Å². The Labute approximate surface area is 223 Å². The average Bonchev–Trinajstić information content (AvgIpc) is 3.41. The van der Waals surface area contributed by atoms with E-state index < -0.39 is 0 Å². The number of nitrogens with one attached hydrogen (secondary N) is 1. The smallest absolute Gasteiger partial charge is 0.253 e. The van der Waals surface area contributed by atoms with Crippen LogP contribution in [0.3, 0.4) is 0 Å². The first kappa shape index (κ1) is 25.9. The van der Waals surface area contributed by atoms with Crippen LogP contribution in [0.2, 0.25) is 0 Å². The van der Waals surface area contributed by atoms with Crippen molar-refractivity contribution < 1.29 is 4.74 Å². The van der Waals surface area contributed by atoms with E-state index in [1.165, 1.54) is 5.56 Å². The summed E-state index contributed by atoms with van der Waals surface area (Å²) >= 11 is 0. The van der Waals surface area contributed by atoms with E-state index in [9.17, 15) is 4.79 Å². The molecule has 9 nitrogen and oxygen atoms in total. The fraction of sp³-hybridized carbons (Fsp3) is 0.448. The average molecular weight is 516 g/mol. The topological polar surface area (TPSA) is 92.2 Å². The number of hydrogen-bond acceptors (Lipinski definition) is 7. The van der Waals surface area contributed by atoms with Crippen molar-refractivity contribution in [3.8, 4) is 5.75 Å². The molecular weight excluding hydrogens is 478 g/mol. The van der Waals surface area contributed by atoms with Crippen LogP contribution in [0.5, 0.6) is 5.75 Å². The van der Waals surface area contributed by atoms with Crippen LogP contribution in [-0.2, 0) is 5.54 Å². The Morgan fingerprint density at radius 1 is 1.05 bits per heavy atom. The van der Waals surface area contributed by atoms with Crippen molar-refractivity contribution in [2.45, 2.75) is 52.6 Å². The van der Waals surface area contributed by atoms with Crippen molar-refractivity contribution >= 4 is 16.6 Å². The highest BCUT2D eigenvalue weighted by molar-refractivity contribution is 5.81. The zero-order valence-corrected chi connectivity index (χ0v) is 23.2. The number of pyridine rings is 1. The first-order chi connectivity index (χ1) is 18.2. The van der Waals surface area contributed by atoms with E-state index in [0.29, 0.717) is 11.4 Å². The maximum absolute atomic E-state index is 13.6. The van der Waals surface area contributed by atoms with Crippen LogP contribution < -0.4 is 15.2 Å². The number of methoxy groups -OCH3 is 1. The van der Waals surface area contributed by atoms with Gasteiger partial charge in [-0.25, -0.2) is 4.68 Å². The summed E-state index contributed by atoms with van der Waals surface area (Å²) in [5.74, 6) is 1.55. The standard InChI is InChI=1S/C29H37N7O2/c1-7-29(4,5)36-27(31-32-33-36)26(22-18-21-16-19(2)20(3)17-23(21)30-28(22)37)35-14-12-34(13-15-35)24-10-8-9-11-25(24)38-6/h8-11,16-18,26H,7,12-15H2,1-6H3,(H,30,37)/t26-/m1/s1. The first-order valence-electron chi connectivity index (χ1n) is 13.3. The molecule has 1 aliphatic heterocycles. The number of benzene rings is 2. The van der Waals surface area contributed by atoms with E-state index >= 15 is 0 Å². The van der Waals surface area contributed by atoms with Crippen molar-refractivity contribution in [1.29, 1.82) is 0 Å². The highest BCUT2D eigenvalue weighted by Gasteiger charge is 2.36. The summed E-state index contributed by atoms with van der Waals surface area (Å²) in [6, 6.07) is 13.9. The molecule has 1 N–H and O–H groups in total. The summed E-state index contributed by atoms with van der Waals surface area (Å²) < 4.78 is 7.51. The number of fused-ring (bicyclic) bond motifs is 1. The number of piperazine rings is 1. The van der Waals surface area contributed by atoms with Crippen LogP contribution in [0.25, 0.3) is 10.9 Å². The van der Waals surface area contributed by atoms with Gasteiger partial charge in [0.05, 0.1) is 18.3 Å². The van der Waals surface area contributed by atoms with Gasteiger partial charge in [-0.15, -0.1) is 5.10 Å². The second-order valence-electron chi connectivity index (χ2n) is 10.8. The van der Waals surface area contributed by atoms with Crippen molar-refractivity contribution in [1.82, 2.24) is 30.1 Å². The number of hydrogen-bond donors (Lipinski definition) is 1. The lowest BCUT2D eigenvalue weighted by atomic mass is 9.98. The molecule has 0 radical (unpaired) electrons. The quantitative estimate of drug-likeness (QED) is 0.394. The van der Waals surface area contributed by atoms with Gasteiger partial charge in [0, 0.05) is 37.3 Å². The van der Waals surface area contributed by atoms with Crippen LogP contribution in [-0.4, -0.2) is 63.4 Å². The lowest BCUT2D eigenvalue weighted by molar-refractivity contribution is 0.186. The maximum Gasteiger partial charge on any atom is 0.253 e. The van der Waals surface area contributed by atoms with E-state index in [2.05, 4.69) is 77.1 Å². The van der Waals surface area contributed by atoms with Crippen molar-refractivity contribution in [3.05, 3.63) is 75.3 Å². The van der Waals surface area contributed by atoms with E-state index in [4.69, 9.17) is 4.74 Å². The van der Waals surface area contributed by atoms with Gasteiger partial charge in [0.25, 0.3) is 5.56 Å². The largest absolute Gasteiger partial charge is 0.495 e. The Kier molecular flexibility index (Phi) is 6.96. The number of nitrogens with zero attached hydrogens (tertiary/aromatic N) is 6. The van der Waals surface area contributed by atoms with Crippen LogP contribution in [0.4, 0.5) is 5.69 Å². The Morgan fingerprint density at radius 2 is 1.76 bits per heavy atom. The molecule has 0 saturated carbocycles. The van der Waals surface area contributed by atoms with Crippen LogP contribution in [0.1, 0.15) is 55.7 Å². The molecule has 38 heavy (non-hydrogen) atoms. The van der Waals surface area contributed by atoms with Crippen LogP contribution in [0, 0.1) is 13.8 Å². The second kappa shape index (κ2) is 10.2. The van der Waals surface area contributed by atoms with E-state index in [1.807, 2.05) is 35.0 Å². The number of anilines is 1. The minimum absolute atomic E-state index is 0.109. The molecule has 1 aliphatic rings. The fourth-order valence-electron chi connectivity index (χ4n) is 5.25. The molecule has 9 heteroatoms. The van der Waals surface area contributed by atoms with Crippen molar-refractivity contribution in [3.63, 3.8) is 0 Å². The minimum Gasteiger partial charge on any atom is -0.495 e. The number of tetrazole rings is 1. The van der Waals surface area contributed by atoms with Gasteiger partial charge in [0.1, 0.15) is 11.8 Å². The maximum atomic E-state index is 13.6. The van der Waals surface area contributed by atoms with Crippen molar-refractivity contribution in [2.75, 3.05) is 38.2 Å². The number of para-hydroxylation sites is 2. The number of aromatic amines is 1. The molecule has 0 aliphatic carbocycles.